The highest BCUT2D eigenvalue weighted by molar-refractivity contribution is 14.1. The van der Waals surface area contributed by atoms with Crippen molar-refractivity contribution in [2.45, 2.75) is 0 Å². The number of rotatable bonds is 1. The highest BCUT2D eigenvalue weighted by atomic mass is 127. The number of hydrogen-bond donors (Lipinski definition) is 1. The Bertz CT molecular complexity index is 267. The van der Waals surface area contributed by atoms with Crippen LogP contribution in [0, 0.1) is 3.70 Å². The Morgan fingerprint density at radius 3 is 2.50 bits per heavy atom. The fraction of sp³-hybridized carbons (Fsp3) is 0.167. The van der Waals surface area contributed by atoms with E-state index >= 15 is 0 Å². The number of hydrogen-bond acceptors (Lipinski definition) is 1. The van der Waals surface area contributed by atoms with Gasteiger partial charge in [0.05, 0.1) is 3.70 Å². The summed E-state index contributed by atoms with van der Waals surface area (Å²) in [5.74, 6) is -0.884. The Kier molecular flexibility index (Phi) is 1.98. The van der Waals surface area contributed by atoms with Gasteiger partial charge in [0.2, 0.25) is 0 Å². The molecule has 0 aliphatic rings. The minimum absolute atomic E-state index is 0.324. The summed E-state index contributed by atoms with van der Waals surface area (Å²) in [5.41, 5.74) is 0.324. The fourth-order valence-electron chi connectivity index (χ4n) is 0.701. The number of halogens is 1. The summed E-state index contributed by atoms with van der Waals surface area (Å²) in [4.78, 5) is 10.4. The number of aromatic carboxylic acids is 1. The molecule has 0 atom stereocenters. The van der Waals surface area contributed by atoms with Crippen molar-refractivity contribution in [3.8, 4) is 0 Å². The number of carbonyl (C=O) groups is 1. The van der Waals surface area contributed by atoms with E-state index in [1.54, 1.807) is 23.7 Å². The molecule has 0 amide bonds. The van der Waals surface area contributed by atoms with Gasteiger partial charge >= 0.3 is 5.97 Å². The molecule has 0 saturated carbocycles. The van der Waals surface area contributed by atoms with Gasteiger partial charge in [-0.1, -0.05) is 0 Å². The molecule has 0 aliphatic carbocycles. The summed E-state index contributed by atoms with van der Waals surface area (Å²) in [6.07, 6.45) is 0. The summed E-state index contributed by atoms with van der Waals surface area (Å²) in [7, 11) is 1.73. The average molecular weight is 251 g/mol. The molecule has 0 bridgehead atoms. The molecule has 1 aromatic rings. The molecule has 3 nitrogen and oxygen atoms in total. The molecule has 0 radical (unpaired) electrons. The van der Waals surface area contributed by atoms with Crippen LogP contribution in [0.1, 0.15) is 10.5 Å². The van der Waals surface area contributed by atoms with E-state index in [2.05, 4.69) is 22.6 Å². The third-order valence-electron chi connectivity index (χ3n) is 1.28. The number of carboxylic acid groups (broad SMARTS) is 1. The first-order valence-corrected chi connectivity index (χ1v) is 3.75. The topological polar surface area (TPSA) is 42.2 Å². The highest BCUT2D eigenvalue weighted by Gasteiger charge is 2.07. The summed E-state index contributed by atoms with van der Waals surface area (Å²) >= 11 is 2.08. The van der Waals surface area contributed by atoms with Crippen LogP contribution in [0.2, 0.25) is 0 Å². The lowest BCUT2D eigenvalue weighted by atomic mass is 10.4. The Labute approximate surface area is 71.8 Å². The smallest absolute Gasteiger partial charge is 0.352 e. The van der Waals surface area contributed by atoms with E-state index in [0.29, 0.717) is 5.69 Å². The lowest BCUT2D eigenvalue weighted by Crippen LogP contribution is -2.04. The average Bonchev–Trinajstić information content (AvgIpc) is 2.14. The van der Waals surface area contributed by atoms with Crippen LogP contribution < -0.4 is 0 Å². The number of aromatic nitrogens is 1. The van der Waals surface area contributed by atoms with Gasteiger partial charge in [-0.25, -0.2) is 4.79 Å². The van der Waals surface area contributed by atoms with Crippen molar-refractivity contribution in [2.75, 3.05) is 0 Å². The SMILES string of the molecule is Cn1c(I)ccc1C(=O)O. The van der Waals surface area contributed by atoms with Crippen LogP contribution in [0.3, 0.4) is 0 Å². The molecular formula is C6H6INO2. The second kappa shape index (κ2) is 2.61. The lowest BCUT2D eigenvalue weighted by Gasteiger charge is -1.96. The second-order valence-electron chi connectivity index (χ2n) is 1.91. The van der Waals surface area contributed by atoms with Crippen LogP contribution in [0.5, 0.6) is 0 Å². The third kappa shape index (κ3) is 1.16. The van der Waals surface area contributed by atoms with Crippen molar-refractivity contribution in [3.05, 3.63) is 21.5 Å². The molecule has 1 heterocycles. The van der Waals surface area contributed by atoms with E-state index in [1.807, 2.05) is 0 Å². The van der Waals surface area contributed by atoms with Crippen molar-refractivity contribution in [1.82, 2.24) is 4.57 Å². The maximum Gasteiger partial charge on any atom is 0.352 e. The summed E-state index contributed by atoms with van der Waals surface area (Å²) in [6, 6.07) is 3.36. The standard InChI is InChI=1S/C6H6INO2/c1-8-4(6(9)10)2-3-5(8)7/h2-3H,1H3,(H,9,10). The normalized spacial score (nSPS) is 9.80. The minimum Gasteiger partial charge on any atom is -0.477 e. The molecule has 0 fully saturated rings. The second-order valence-corrected chi connectivity index (χ2v) is 3.01. The van der Waals surface area contributed by atoms with Crippen LogP contribution >= 0.6 is 22.6 Å². The molecule has 10 heavy (non-hydrogen) atoms. The summed E-state index contributed by atoms with van der Waals surface area (Å²) < 4.78 is 2.55. The van der Waals surface area contributed by atoms with E-state index < -0.39 is 5.97 Å². The zero-order valence-corrected chi connectivity index (χ0v) is 7.49. The van der Waals surface area contributed by atoms with Crippen LogP contribution in [-0.4, -0.2) is 15.6 Å². The zero-order chi connectivity index (χ0) is 7.72. The Morgan fingerprint density at radius 1 is 1.70 bits per heavy atom. The number of nitrogens with zero attached hydrogens (tertiary/aromatic N) is 1. The van der Waals surface area contributed by atoms with Crippen molar-refractivity contribution < 1.29 is 9.90 Å². The largest absolute Gasteiger partial charge is 0.477 e. The Morgan fingerprint density at radius 2 is 2.30 bits per heavy atom. The predicted octanol–water partition coefficient (Wildman–Crippen LogP) is 1.33. The predicted molar refractivity (Wildman–Crippen MR) is 45.1 cm³/mol. The van der Waals surface area contributed by atoms with Crippen molar-refractivity contribution in [2.24, 2.45) is 7.05 Å². The van der Waals surface area contributed by atoms with Gasteiger partial charge < -0.3 is 9.67 Å². The first kappa shape index (κ1) is 7.59. The van der Waals surface area contributed by atoms with Gasteiger partial charge in [0.25, 0.3) is 0 Å². The summed E-state index contributed by atoms with van der Waals surface area (Å²) in [5, 5.41) is 8.55. The monoisotopic (exact) mass is 251 g/mol. The maximum atomic E-state index is 10.4. The van der Waals surface area contributed by atoms with Gasteiger partial charge in [0, 0.05) is 7.05 Å². The molecule has 1 rings (SSSR count). The van der Waals surface area contributed by atoms with E-state index in [4.69, 9.17) is 5.11 Å². The quantitative estimate of drug-likeness (QED) is 0.765. The molecular weight excluding hydrogens is 245 g/mol. The molecule has 1 N–H and O–H groups in total. The van der Waals surface area contributed by atoms with E-state index in [0.717, 1.165) is 3.70 Å². The molecule has 0 aliphatic heterocycles. The van der Waals surface area contributed by atoms with E-state index in [1.165, 1.54) is 0 Å². The molecule has 54 valence electrons. The van der Waals surface area contributed by atoms with Gasteiger partial charge in [-0.05, 0) is 34.7 Å². The fourth-order valence-corrected chi connectivity index (χ4v) is 1.14. The first-order chi connectivity index (χ1) is 4.63. The van der Waals surface area contributed by atoms with Crippen molar-refractivity contribution in [3.63, 3.8) is 0 Å². The molecule has 0 aromatic carbocycles. The molecule has 4 heteroatoms. The molecule has 0 saturated heterocycles. The van der Waals surface area contributed by atoms with Crippen LogP contribution in [0.4, 0.5) is 0 Å². The van der Waals surface area contributed by atoms with Gasteiger partial charge in [-0.2, -0.15) is 0 Å². The zero-order valence-electron chi connectivity index (χ0n) is 5.34. The van der Waals surface area contributed by atoms with Gasteiger partial charge in [-0.3, -0.25) is 0 Å². The van der Waals surface area contributed by atoms with Crippen LogP contribution in [0.15, 0.2) is 12.1 Å². The summed E-state index contributed by atoms with van der Waals surface area (Å²) in [6.45, 7) is 0. The number of carboxylic acids is 1. The molecule has 0 unspecified atom stereocenters. The van der Waals surface area contributed by atoms with Gasteiger partial charge in [0.1, 0.15) is 5.69 Å². The highest BCUT2D eigenvalue weighted by Crippen LogP contribution is 2.08. The van der Waals surface area contributed by atoms with Crippen LogP contribution in [-0.2, 0) is 7.05 Å². The molecule has 1 aromatic heterocycles. The van der Waals surface area contributed by atoms with Crippen LogP contribution in [0.25, 0.3) is 0 Å². The lowest BCUT2D eigenvalue weighted by molar-refractivity contribution is 0.0686. The Balaban J connectivity index is 3.17. The molecule has 0 spiro atoms. The van der Waals surface area contributed by atoms with Crippen molar-refractivity contribution in [1.29, 1.82) is 0 Å². The third-order valence-corrected chi connectivity index (χ3v) is 2.36. The van der Waals surface area contributed by atoms with E-state index in [-0.39, 0.29) is 0 Å². The first-order valence-electron chi connectivity index (χ1n) is 2.67. The minimum atomic E-state index is -0.884. The Hall–Kier alpha value is -0.520. The maximum absolute atomic E-state index is 10.4. The van der Waals surface area contributed by atoms with Gasteiger partial charge in [0.15, 0.2) is 0 Å². The van der Waals surface area contributed by atoms with Crippen molar-refractivity contribution >= 4 is 28.6 Å². The van der Waals surface area contributed by atoms with Gasteiger partial charge in [-0.15, -0.1) is 0 Å². The van der Waals surface area contributed by atoms with E-state index in [9.17, 15) is 4.79 Å².